The van der Waals surface area contributed by atoms with E-state index in [9.17, 15) is 4.79 Å². The van der Waals surface area contributed by atoms with E-state index in [0.29, 0.717) is 24.2 Å². The van der Waals surface area contributed by atoms with Gasteiger partial charge in [0.25, 0.3) is 0 Å². The molecule has 0 atom stereocenters. The molecule has 0 radical (unpaired) electrons. The van der Waals surface area contributed by atoms with Gasteiger partial charge in [-0.25, -0.2) is 4.98 Å². The summed E-state index contributed by atoms with van der Waals surface area (Å²) >= 11 is 7.43. The van der Waals surface area contributed by atoms with Gasteiger partial charge in [-0.05, 0) is 37.1 Å². The highest BCUT2D eigenvalue weighted by atomic mass is 35.5. The lowest BCUT2D eigenvalue weighted by molar-refractivity contribution is -0.135. The van der Waals surface area contributed by atoms with Crippen LogP contribution in [-0.4, -0.2) is 21.8 Å². The lowest BCUT2D eigenvalue weighted by atomic mass is 10.2. The predicted molar refractivity (Wildman–Crippen MR) is 96.3 cm³/mol. The van der Waals surface area contributed by atoms with Crippen LogP contribution in [0.2, 0.25) is 5.02 Å². The molecule has 0 bridgehead atoms. The predicted octanol–water partition coefficient (Wildman–Crippen LogP) is 4.52. The first kappa shape index (κ1) is 17.2. The Morgan fingerprint density at radius 3 is 2.71 bits per heavy atom. The average Bonchev–Trinajstić information content (AvgIpc) is 3.31. The van der Waals surface area contributed by atoms with Crippen molar-refractivity contribution in [2.45, 2.75) is 45.9 Å². The zero-order valence-electron chi connectivity index (χ0n) is 13.9. The Kier molecular flexibility index (Phi) is 5.41. The molecule has 1 aromatic carbocycles. The molecule has 0 unspecified atom stereocenters. The molecular formula is C18H21ClN2O2S. The number of rotatable bonds is 7. The molecule has 0 saturated heterocycles. The summed E-state index contributed by atoms with van der Waals surface area (Å²) in [6.07, 6.45) is 2.21. The molecule has 0 N–H and O–H groups in total. The van der Waals surface area contributed by atoms with Crippen molar-refractivity contribution in [3.05, 3.63) is 45.4 Å². The molecule has 3 rings (SSSR count). The summed E-state index contributed by atoms with van der Waals surface area (Å²) in [7, 11) is 0. The van der Waals surface area contributed by atoms with Crippen LogP contribution >= 0.6 is 22.9 Å². The first-order valence-electron chi connectivity index (χ1n) is 8.15. The molecule has 1 amide bonds. The Bertz CT molecular complexity index is 695. The zero-order chi connectivity index (χ0) is 17.1. The van der Waals surface area contributed by atoms with Crippen molar-refractivity contribution in [2.24, 2.45) is 5.92 Å². The molecule has 0 aliphatic heterocycles. The van der Waals surface area contributed by atoms with Gasteiger partial charge >= 0.3 is 0 Å². The number of carbonyl (C=O) groups excluding carboxylic acids is 1. The van der Waals surface area contributed by atoms with E-state index >= 15 is 0 Å². The smallest absolute Gasteiger partial charge is 0.225 e. The Hall–Kier alpha value is -1.59. The maximum absolute atomic E-state index is 12.3. The Morgan fingerprint density at radius 1 is 1.38 bits per heavy atom. The molecule has 4 nitrogen and oxygen atoms in total. The molecule has 1 heterocycles. The lowest BCUT2D eigenvalue weighted by Gasteiger charge is -2.23. The van der Waals surface area contributed by atoms with E-state index in [-0.39, 0.29) is 11.8 Å². The van der Waals surface area contributed by atoms with Gasteiger partial charge in [0.2, 0.25) is 5.91 Å². The molecule has 1 aliphatic carbocycles. The van der Waals surface area contributed by atoms with Gasteiger partial charge in [-0.15, -0.1) is 11.3 Å². The molecule has 1 saturated carbocycles. The van der Waals surface area contributed by atoms with Gasteiger partial charge in [-0.2, -0.15) is 0 Å². The van der Waals surface area contributed by atoms with E-state index < -0.39 is 0 Å². The van der Waals surface area contributed by atoms with Crippen LogP contribution in [-0.2, 0) is 17.9 Å². The van der Waals surface area contributed by atoms with Gasteiger partial charge in [-0.3, -0.25) is 4.79 Å². The minimum atomic E-state index is 0.0249. The number of hydrogen-bond acceptors (Lipinski definition) is 4. The monoisotopic (exact) mass is 364 g/mol. The van der Waals surface area contributed by atoms with Crippen LogP contribution in [0.25, 0.3) is 0 Å². The van der Waals surface area contributed by atoms with E-state index in [1.807, 2.05) is 36.3 Å². The summed E-state index contributed by atoms with van der Waals surface area (Å²) in [5, 5.41) is 3.62. The molecule has 2 aromatic rings. The Morgan fingerprint density at radius 2 is 2.08 bits per heavy atom. The van der Waals surface area contributed by atoms with Gasteiger partial charge in [0.05, 0.1) is 12.2 Å². The van der Waals surface area contributed by atoms with Crippen LogP contribution in [0.1, 0.15) is 37.4 Å². The van der Waals surface area contributed by atoms with Crippen molar-refractivity contribution in [1.82, 2.24) is 9.88 Å². The van der Waals surface area contributed by atoms with Crippen LogP contribution in [0, 0.1) is 5.92 Å². The second-order valence-corrected chi connectivity index (χ2v) is 7.71. The maximum Gasteiger partial charge on any atom is 0.225 e. The largest absolute Gasteiger partial charge is 0.486 e. The van der Waals surface area contributed by atoms with Gasteiger partial charge < -0.3 is 9.64 Å². The summed E-state index contributed by atoms with van der Waals surface area (Å²) in [5.41, 5.74) is 0.940. The van der Waals surface area contributed by atoms with Crippen molar-refractivity contribution in [2.75, 3.05) is 0 Å². The summed E-state index contributed by atoms with van der Waals surface area (Å²) in [5.74, 6) is 1.01. The van der Waals surface area contributed by atoms with Crippen LogP contribution < -0.4 is 4.74 Å². The molecule has 1 fully saturated rings. The Balaban J connectivity index is 1.58. The number of benzene rings is 1. The molecule has 1 aromatic heterocycles. The summed E-state index contributed by atoms with van der Waals surface area (Å²) in [4.78, 5) is 18.9. The number of hydrogen-bond donors (Lipinski definition) is 0. The second kappa shape index (κ2) is 7.53. The van der Waals surface area contributed by atoms with Crippen LogP contribution in [0.3, 0.4) is 0 Å². The minimum Gasteiger partial charge on any atom is -0.486 e. The molecular weight excluding hydrogens is 344 g/mol. The van der Waals surface area contributed by atoms with E-state index in [2.05, 4.69) is 4.98 Å². The number of carbonyl (C=O) groups is 1. The van der Waals surface area contributed by atoms with E-state index in [1.165, 1.54) is 0 Å². The van der Waals surface area contributed by atoms with E-state index in [0.717, 1.165) is 29.3 Å². The van der Waals surface area contributed by atoms with Gasteiger partial charge in [0, 0.05) is 22.4 Å². The molecule has 0 spiro atoms. The van der Waals surface area contributed by atoms with E-state index in [1.54, 1.807) is 23.5 Å². The SMILES string of the molecule is CC(C)C(=O)N(Cc1csc(COc2ccc(Cl)cc2)n1)C1CC1. The van der Waals surface area contributed by atoms with Crippen LogP contribution in [0.15, 0.2) is 29.6 Å². The van der Waals surface area contributed by atoms with Gasteiger partial charge in [0.1, 0.15) is 17.4 Å². The Labute approximate surface area is 151 Å². The normalized spacial score (nSPS) is 14.0. The molecule has 24 heavy (non-hydrogen) atoms. The van der Waals surface area contributed by atoms with Crippen LogP contribution in [0.4, 0.5) is 0 Å². The van der Waals surface area contributed by atoms with Crippen molar-refractivity contribution >= 4 is 28.8 Å². The van der Waals surface area contributed by atoms with Gasteiger partial charge in [0.15, 0.2) is 0 Å². The third-order valence-corrected chi connectivity index (χ3v) is 5.00. The fourth-order valence-electron chi connectivity index (χ4n) is 2.44. The number of thiazole rings is 1. The topological polar surface area (TPSA) is 42.4 Å². The number of aromatic nitrogens is 1. The average molecular weight is 365 g/mol. The third kappa shape index (κ3) is 4.48. The first-order valence-corrected chi connectivity index (χ1v) is 9.41. The van der Waals surface area contributed by atoms with E-state index in [4.69, 9.17) is 16.3 Å². The zero-order valence-corrected chi connectivity index (χ0v) is 15.4. The summed E-state index contributed by atoms with van der Waals surface area (Å²) in [6, 6.07) is 7.68. The fraction of sp³-hybridized carbons (Fsp3) is 0.444. The van der Waals surface area contributed by atoms with Crippen molar-refractivity contribution in [3.63, 3.8) is 0 Å². The highest BCUT2D eigenvalue weighted by Crippen LogP contribution is 2.30. The van der Waals surface area contributed by atoms with Crippen LogP contribution in [0.5, 0.6) is 5.75 Å². The van der Waals surface area contributed by atoms with Crippen molar-refractivity contribution in [3.8, 4) is 5.75 Å². The quantitative estimate of drug-likeness (QED) is 0.725. The highest BCUT2D eigenvalue weighted by molar-refractivity contribution is 7.09. The lowest BCUT2D eigenvalue weighted by Crippen LogP contribution is -2.35. The summed E-state index contributed by atoms with van der Waals surface area (Å²) in [6.45, 7) is 4.92. The minimum absolute atomic E-state index is 0.0249. The number of nitrogens with zero attached hydrogens (tertiary/aromatic N) is 2. The van der Waals surface area contributed by atoms with Crippen molar-refractivity contribution in [1.29, 1.82) is 0 Å². The maximum atomic E-state index is 12.3. The molecule has 1 aliphatic rings. The second-order valence-electron chi connectivity index (χ2n) is 6.33. The fourth-order valence-corrected chi connectivity index (χ4v) is 3.27. The molecule has 128 valence electrons. The molecule has 6 heteroatoms. The highest BCUT2D eigenvalue weighted by Gasteiger charge is 2.33. The van der Waals surface area contributed by atoms with Crippen molar-refractivity contribution < 1.29 is 9.53 Å². The first-order chi connectivity index (χ1) is 11.5. The standard InChI is InChI=1S/C18H21ClN2O2S/c1-12(2)18(22)21(15-5-6-15)9-14-11-24-17(20-14)10-23-16-7-3-13(19)4-8-16/h3-4,7-8,11-12,15H,5-6,9-10H2,1-2H3. The number of ether oxygens (including phenoxy) is 1. The summed E-state index contributed by atoms with van der Waals surface area (Å²) < 4.78 is 5.72. The number of amides is 1. The third-order valence-electron chi connectivity index (χ3n) is 3.87. The number of halogens is 1. The van der Waals surface area contributed by atoms with Gasteiger partial charge in [-0.1, -0.05) is 25.4 Å².